The second-order valence-corrected chi connectivity index (χ2v) is 3.58. The van der Waals surface area contributed by atoms with Gasteiger partial charge in [-0.1, -0.05) is 32.1 Å². The number of para-hydroxylation sites is 2. The Morgan fingerprint density at radius 2 is 2.27 bits per heavy atom. The molecule has 2 N–H and O–H groups in total. The molecule has 0 fully saturated rings. The lowest BCUT2D eigenvalue weighted by Crippen LogP contribution is -1.98. The minimum absolute atomic E-state index is 0.773. The quantitative estimate of drug-likeness (QED) is 0.796. The second kappa shape index (κ2) is 4.17. The Labute approximate surface area is 89.2 Å². The lowest BCUT2D eigenvalue weighted by atomic mass is 10.3. The minimum Gasteiger partial charge on any atom is -0.330 e. The third kappa shape index (κ3) is 2.18. The molecule has 0 spiro atoms. The third-order valence-electron chi connectivity index (χ3n) is 2.24. The van der Waals surface area contributed by atoms with Gasteiger partial charge in [0.25, 0.3) is 0 Å². The van der Waals surface area contributed by atoms with Crippen molar-refractivity contribution in [1.29, 1.82) is 0 Å². The van der Waals surface area contributed by atoms with E-state index in [1.54, 1.807) is 0 Å². The molecular formula is C12H15N3. The molecule has 0 bridgehead atoms. The van der Waals surface area contributed by atoms with Gasteiger partial charge in [0.05, 0.1) is 11.0 Å². The molecule has 0 saturated heterocycles. The summed E-state index contributed by atoms with van der Waals surface area (Å²) in [6, 6.07) is 7.97. The normalized spacial score (nSPS) is 10.5. The van der Waals surface area contributed by atoms with Crippen molar-refractivity contribution in [1.82, 2.24) is 9.97 Å². The molecule has 0 unspecified atom stereocenters. The van der Waals surface area contributed by atoms with Crippen molar-refractivity contribution in [2.45, 2.75) is 19.8 Å². The molecule has 15 heavy (non-hydrogen) atoms. The summed E-state index contributed by atoms with van der Waals surface area (Å²) in [6.45, 7) is 6.07. The average Bonchev–Trinajstić information content (AvgIpc) is 2.59. The maximum atomic E-state index is 4.41. The van der Waals surface area contributed by atoms with E-state index in [9.17, 15) is 0 Å². The molecule has 3 nitrogen and oxygen atoms in total. The maximum absolute atomic E-state index is 4.41. The van der Waals surface area contributed by atoms with Crippen LogP contribution in [0.25, 0.3) is 11.0 Å². The molecule has 2 aromatic rings. The van der Waals surface area contributed by atoms with Crippen molar-refractivity contribution in [3.05, 3.63) is 36.5 Å². The fourth-order valence-electron chi connectivity index (χ4n) is 1.54. The van der Waals surface area contributed by atoms with Crippen LogP contribution in [0.4, 0.5) is 5.95 Å². The Morgan fingerprint density at radius 1 is 1.47 bits per heavy atom. The number of imidazole rings is 1. The predicted molar refractivity (Wildman–Crippen MR) is 63.8 cm³/mol. The van der Waals surface area contributed by atoms with E-state index >= 15 is 0 Å². The van der Waals surface area contributed by atoms with Crippen LogP contribution in [0.5, 0.6) is 0 Å². The van der Waals surface area contributed by atoms with Crippen molar-refractivity contribution >= 4 is 17.0 Å². The van der Waals surface area contributed by atoms with E-state index in [-0.39, 0.29) is 0 Å². The summed E-state index contributed by atoms with van der Waals surface area (Å²) < 4.78 is 0. The number of rotatable bonds is 4. The summed E-state index contributed by atoms with van der Waals surface area (Å²) in [4.78, 5) is 7.61. The Morgan fingerprint density at radius 3 is 3.00 bits per heavy atom. The fourth-order valence-corrected chi connectivity index (χ4v) is 1.54. The third-order valence-corrected chi connectivity index (χ3v) is 2.24. The van der Waals surface area contributed by atoms with Crippen LogP contribution in [0.3, 0.4) is 0 Å². The van der Waals surface area contributed by atoms with E-state index in [1.807, 2.05) is 24.3 Å². The lowest BCUT2D eigenvalue weighted by Gasteiger charge is -2.03. The number of allylic oxidation sites excluding steroid dienone is 1. The number of benzene rings is 1. The van der Waals surface area contributed by atoms with Gasteiger partial charge in [0.2, 0.25) is 5.95 Å². The van der Waals surface area contributed by atoms with Gasteiger partial charge in [0, 0.05) is 5.70 Å². The summed E-state index contributed by atoms with van der Waals surface area (Å²) in [6.07, 6.45) is 2.06. The van der Waals surface area contributed by atoms with Gasteiger partial charge in [-0.15, -0.1) is 0 Å². The van der Waals surface area contributed by atoms with E-state index in [0.29, 0.717) is 0 Å². The van der Waals surface area contributed by atoms with Crippen LogP contribution in [0.15, 0.2) is 36.5 Å². The van der Waals surface area contributed by atoms with Crippen LogP contribution in [0.2, 0.25) is 0 Å². The van der Waals surface area contributed by atoms with E-state index in [0.717, 1.165) is 35.5 Å². The fraction of sp³-hybridized carbons (Fsp3) is 0.250. The topological polar surface area (TPSA) is 40.7 Å². The van der Waals surface area contributed by atoms with Gasteiger partial charge in [-0.25, -0.2) is 4.98 Å². The van der Waals surface area contributed by atoms with Gasteiger partial charge in [-0.3, -0.25) is 0 Å². The Balaban J connectivity index is 2.18. The Kier molecular flexibility index (Phi) is 2.72. The van der Waals surface area contributed by atoms with Gasteiger partial charge < -0.3 is 10.3 Å². The molecule has 78 valence electrons. The predicted octanol–water partition coefficient (Wildman–Crippen LogP) is 3.29. The van der Waals surface area contributed by atoms with E-state index in [4.69, 9.17) is 0 Å². The lowest BCUT2D eigenvalue weighted by molar-refractivity contribution is 0.909. The molecule has 0 aliphatic heterocycles. The second-order valence-electron chi connectivity index (χ2n) is 3.58. The minimum atomic E-state index is 0.773. The summed E-state index contributed by atoms with van der Waals surface area (Å²) in [5.74, 6) is 0.773. The molecule has 2 rings (SSSR count). The van der Waals surface area contributed by atoms with E-state index in [1.165, 1.54) is 0 Å². The van der Waals surface area contributed by atoms with Crippen molar-refractivity contribution < 1.29 is 0 Å². The number of aromatic nitrogens is 2. The average molecular weight is 201 g/mol. The summed E-state index contributed by atoms with van der Waals surface area (Å²) in [5.41, 5.74) is 3.02. The smallest absolute Gasteiger partial charge is 0.205 e. The SMILES string of the molecule is C=C(CCC)Nc1nc2ccccc2[nH]1. The number of hydrogen-bond acceptors (Lipinski definition) is 2. The zero-order valence-corrected chi connectivity index (χ0v) is 8.88. The molecule has 0 atom stereocenters. The zero-order valence-electron chi connectivity index (χ0n) is 8.88. The van der Waals surface area contributed by atoms with Crippen LogP contribution in [0.1, 0.15) is 19.8 Å². The summed E-state index contributed by atoms with van der Waals surface area (Å²) >= 11 is 0. The summed E-state index contributed by atoms with van der Waals surface area (Å²) in [5, 5.41) is 3.17. The molecule has 0 radical (unpaired) electrons. The van der Waals surface area contributed by atoms with Crippen molar-refractivity contribution in [2.24, 2.45) is 0 Å². The number of H-pyrrole nitrogens is 1. The van der Waals surface area contributed by atoms with Crippen molar-refractivity contribution in [3.63, 3.8) is 0 Å². The molecule has 1 aromatic carbocycles. The first kappa shape index (κ1) is 9.77. The van der Waals surface area contributed by atoms with Crippen LogP contribution in [-0.2, 0) is 0 Å². The number of nitrogens with zero attached hydrogens (tertiary/aromatic N) is 1. The maximum Gasteiger partial charge on any atom is 0.205 e. The van der Waals surface area contributed by atoms with E-state index < -0.39 is 0 Å². The van der Waals surface area contributed by atoms with Crippen molar-refractivity contribution in [2.75, 3.05) is 5.32 Å². The number of hydrogen-bond donors (Lipinski definition) is 2. The van der Waals surface area contributed by atoms with Gasteiger partial charge in [0.15, 0.2) is 0 Å². The molecule has 0 aliphatic rings. The van der Waals surface area contributed by atoms with Crippen LogP contribution in [-0.4, -0.2) is 9.97 Å². The van der Waals surface area contributed by atoms with E-state index in [2.05, 4.69) is 28.8 Å². The molecule has 1 heterocycles. The number of aromatic amines is 1. The van der Waals surface area contributed by atoms with Gasteiger partial charge in [-0.05, 0) is 18.6 Å². The van der Waals surface area contributed by atoms with Crippen LogP contribution >= 0.6 is 0 Å². The number of fused-ring (bicyclic) bond motifs is 1. The van der Waals surface area contributed by atoms with Crippen LogP contribution < -0.4 is 5.32 Å². The molecule has 3 heteroatoms. The Bertz CT molecular complexity index is 437. The zero-order chi connectivity index (χ0) is 10.7. The monoisotopic (exact) mass is 201 g/mol. The van der Waals surface area contributed by atoms with Gasteiger partial charge in [-0.2, -0.15) is 0 Å². The highest BCUT2D eigenvalue weighted by Gasteiger charge is 2.01. The highest BCUT2D eigenvalue weighted by Crippen LogP contribution is 2.15. The number of nitrogens with one attached hydrogen (secondary N) is 2. The molecule has 1 aromatic heterocycles. The van der Waals surface area contributed by atoms with Crippen LogP contribution in [0, 0.1) is 0 Å². The molecule has 0 aliphatic carbocycles. The summed E-state index contributed by atoms with van der Waals surface area (Å²) in [7, 11) is 0. The first-order chi connectivity index (χ1) is 7.29. The first-order valence-electron chi connectivity index (χ1n) is 5.19. The molecule has 0 saturated carbocycles. The first-order valence-corrected chi connectivity index (χ1v) is 5.19. The Hall–Kier alpha value is -1.77. The largest absolute Gasteiger partial charge is 0.330 e. The number of anilines is 1. The van der Waals surface area contributed by atoms with Gasteiger partial charge >= 0.3 is 0 Å². The standard InChI is InChI=1S/C12H15N3/c1-3-6-9(2)13-12-14-10-7-4-5-8-11(10)15-12/h4-5,7-8H,2-3,6H2,1H3,(H2,13,14,15). The van der Waals surface area contributed by atoms with Gasteiger partial charge in [0.1, 0.15) is 0 Å². The highest BCUT2D eigenvalue weighted by molar-refractivity contribution is 5.77. The highest BCUT2D eigenvalue weighted by atomic mass is 15.1. The molecular weight excluding hydrogens is 186 g/mol. The molecule has 0 amide bonds. The van der Waals surface area contributed by atoms with Crippen molar-refractivity contribution in [3.8, 4) is 0 Å².